The molecule has 0 saturated carbocycles. The van der Waals surface area contributed by atoms with Gasteiger partial charge in [0.1, 0.15) is 0 Å². The summed E-state index contributed by atoms with van der Waals surface area (Å²) in [5.41, 5.74) is 1.06. The van der Waals surface area contributed by atoms with E-state index in [1.165, 1.54) is 0 Å². The van der Waals surface area contributed by atoms with Gasteiger partial charge < -0.3 is 20.5 Å². The van der Waals surface area contributed by atoms with Gasteiger partial charge in [0.05, 0.1) is 13.2 Å². The predicted molar refractivity (Wildman–Crippen MR) is 118 cm³/mol. The van der Waals surface area contributed by atoms with E-state index in [2.05, 4.69) is 41.4 Å². The van der Waals surface area contributed by atoms with Crippen molar-refractivity contribution in [1.82, 2.24) is 15.6 Å². The summed E-state index contributed by atoms with van der Waals surface area (Å²) in [5, 5.41) is 15.9. The molecule has 150 valence electrons. The molecule has 3 N–H and O–H groups in total. The molecule has 0 aliphatic rings. The van der Waals surface area contributed by atoms with Crippen LogP contribution in [-0.4, -0.2) is 42.4 Å². The van der Waals surface area contributed by atoms with E-state index >= 15 is 0 Å². The zero-order valence-electron chi connectivity index (χ0n) is 16.5. The molecule has 7 heteroatoms. The Bertz CT molecular complexity index is 512. The Balaban J connectivity index is 0.00000625. The minimum atomic E-state index is 0. The third-order valence-corrected chi connectivity index (χ3v) is 3.76. The molecule has 0 fully saturated rings. The highest BCUT2D eigenvalue weighted by atomic mass is 127. The van der Waals surface area contributed by atoms with Gasteiger partial charge >= 0.3 is 0 Å². The quantitative estimate of drug-likeness (QED) is 0.259. The molecule has 0 amide bonds. The van der Waals surface area contributed by atoms with Gasteiger partial charge in [0.2, 0.25) is 5.88 Å². The molecule has 1 rings (SSSR count). The van der Waals surface area contributed by atoms with Crippen LogP contribution in [0.4, 0.5) is 0 Å². The maximum Gasteiger partial charge on any atom is 0.213 e. The number of hydrogen-bond donors (Lipinski definition) is 3. The SMILES string of the molecule is CCNC(=NCc1ccnc(OCC)c1)NCC(CCO)CC(C)C.I. The lowest BCUT2D eigenvalue weighted by Gasteiger charge is -2.20. The summed E-state index contributed by atoms with van der Waals surface area (Å²) in [7, 11) is 0. The number of hydrogen-bond acceptors (Lipinski definition) is 4. The van der Waals surface area contributed by atoms with Crippen molar-refractivity contribution in [2.24, 2.45) is 16.8 Å². The van der Waals surface area contributed by atoms with Crippen LogP contribution in [0.15, 0.2) is 23.3 Å². The van der Waals surface area contributed by atoms with E-state index in [9.17, 15) is 5.11 Å². The van der Waals surface area contributed by atoms with E-state index in [0.29, 0.717) is 30.9 Å². The highest BCUT2D eigenvalue weighted by molar-refractivity contribution is 14.0. The Morgan fingerprint density at radius 2 is 2.08 bits per heavy atom. The second kappa shape index (κ2) is 15.0. The summed E-state index contributed by atoms with van der Waals surface area (Å²) in [4.78, 5) is 8.82. The summed E-state index contributed by atoms with van der Waals surface area (Å²) in [5.74, 6) is 2.49. The summed E-state index contributed by atoms with van der Waals surface area (Å²) in [6.45, 7) is 11.4. The number of halogens is 1. The number of guanidine groups is 1. The zero-order valence-corrected chi connectivity index (χ0v) is 18.8. The summed E-state index contributed by atoms with van der Waals surface area (Å²) in [6.07, 6.45) is 3.65. The Kier molecular flexibility index (Phi) is 14.4. The van der Waals surface area contributed by atoms with Crippen molar-refractivity contribution in [3.05, 3.63) is 23.9 Å². The first-order chi connectivity index (χ1) is 12.1. The van der Waals surface area contributed by atoms with Crippen molar-refractivity contribution < 1.29 is 9.84 Å². The maximum atomic E-state index is 9.25. The van der Waals surface area contributed by atoms with Crippen molar-refractivity contribution >= 4 is 29.9 Å². The van der Waals surface area contributed by atoms with Crippen LogP contribution in [0, 0.1) is 11.8 Å². The number of nitrogens with one attached hydrogen (secondary N) is 2. The van der Waals surface area contributed by atoms with Crippen LogP contribution in [0.25, 0.3) is 0 Å². The van der Waals surface area contributed by atoms with Crippen LogP contribution in [0.2, 0.25) is 0 Å². The van der Waals surface area contributed by atoms with Gasteiger partial charge in [-0.3, -0.25) is 0 Å². The molecule has 0 aliphatic carbocycles. The molecule has 0 aromatic carbocycles. The summed E-state index contributed by atoms with van der Waals surface area (Å²) < 4.78 is 5.43. The minimum Gasteiger partial charge on any atom is -0.478 e. The number of nitrogens with zero attached hydrogens (tertiary/aromatic N) is 2. The lowest BCUT2D eigenvalue weighted by molar-refractivity contribution is 0.243. The molecule has 1 unspecified atom stereocenters. The Morgan fingerprint density at radius 3 is 2.69 bits per heavy atom. The Hall–Kier alpha value is -1.09. The van der Waals surface area contributed by atoms with Crippen molar-refractivity contribution in [3.63, 3.8) is 0 Å². The van der Waals surface area contributed by atoms with E-state index in [-0.39, 0.29) is 30.6 Å². The molecule has 1 aromatic rings. The van der Waals surface area contributed by atoms with E-state index in [1.54, 1.807) is 6.20 Å². The van der Waals surface area contributed by atoms with E-state index in [1.807, 2.05) is 19.1 Å². The number of aliphatic imine (C=N–C) groups is 1. The van der Waals surface area contributed by atoms with Gasteiger partial charge in [-0.2, -0.15) is 0 Å². The topological polar surface area (TPSA) is 78.8 Å². The van der Waals surface area contributed by atoms with E-state index < -0.39 is 0 Å². The lowest BCUT2D eigenvalue weighted by Crippen LogP contribution is -2.40. The standard InChI is InChI=1S/C19H34N4O2.HI/c1-5-20-19(23-14-17(8-10-24)11-15(3)4)22-13-16-7-9-21-18(12-16)25-6-2;/h7,9,12,15,17,24H,5-6,8,10-11,13-14H2,1-4H3,(H2,20,22,23);1H. The summed E-state index contributed by atoms with van der Waals surface area (Å²) in [6, 6.07) is 3.87. The fourth-order valence-electron chi connectivity index (χ4n) is 2.68. The molecule has 1 heterocycles. The number of rotatable bonds is 11. The minimum absolute atomic E-state index is 0. The van der Waals surface area contributed by atoms with Gasteiger partial charge in [-0.1, -0.05) is 13.8 Å². The number of aromatic nitrogens is 1. The average molecular weight is 478 g/mol. The van der Waals surface area contributed by atoms with E-state index in [0.717, 1.165) is 37.5 Å². The highest BCUT2D eigenvalue weighted by Crippen LogP contribution is 2.14. The van der Waals surface area contributed by atoms with Crippen LogP contribution < -0.4 is 15.4 Å². The summed E-state index contributed by atoms with van der Waals surface area (Å²) >= 11 is 0. The van der Waals surface area contributed by atoms with Gasteiger partial charge in [0.15, 0.2) is 5.96 Å². The third kappa shape index (κ3) is 10.8. The van der Waals surface area contributed by atoms with Crippen LogP contribution in [0.3, 0.4) is 0 Å². The Labute approximate surface area is 175 Å². The zero-order chi connectivity index (χ0) is 18.5. The van der Waals surface area contributed by atoms with Crippen LogP contribution in [0.5, 0.6) is 5.88 Å². The van der Waals surface area contributed by atoms with Gasteiger partial charge in [-0.15, -0.1) is 24.0 Å². The van der Waals surface area contributed by atoms with Crippen molar-refractivity contribution in [1.29, 1.82) is 0 Å². The van der Waals surface area contributed by atoms with Gasteiger partial charge in [0, 0.05) is 32.0 Å². The second-order valence-electron chi connectivity index (χ2n) is 6.52. The molecule has 0 radical (unpaired) electrons. The van der Waals surface area contributed by atoms with Crippen molar-refractivity contribution in [3.8, 4) is 5.88 Å². The first-order valence-corrected chi connectivity index (χ1v) is 9.29. The molecule has 0 saturated heterocycles. The molecular formula is C19H35IN4O2. The van der Waals surface area contributed by atoms with Crippen LogP contribution in [0.1, 0.15) is 46.1 Å². The monoisotopic (exact) mass is 478 g/mol. The fraction of sp³-hybridized carbons (Fsp3) is 0.684. The van der Waals surface area contributed by atoms with Crippen LogP contribution >= 0.6 is 24.0 Å². The van der Waals surface area contributed by atoms with Gasteiger partial charge in [0.25, 0.3) is 0 Å². The molecule has 0 bridgehead atoms. The lowest BCUT2D eigenvalue weighted by atomic mass is 9.94. The van der Waals surface area contributed by atoms with Crippen molar-refractivity contribution in [2.45, 2.75) is 47.1 Å². The number of pyridine rings is 1. The predicted octanol–water partition coefficient (Wildman–Crippen LogP) is 3.20. The third-order valence-electron chi connectivity index (χ3n) is 3.76. The van der Waals surface area contributed by atoms with Crippen molar-refractivity contribution in [2.75, 3.05) is 26.3 Å². The number of ether oxygens (including phenoxy) is 1. The molecule has 26 heavy (non-hydrogen) atoms. The number of aliphatic hydroxyl groups excluding tert-OH is 1. The molecule has 0 spiro atoms. The molecular weight excluding hydrogens is 443 g/mol. The first-order valence-electron chi connectivity index (χ1n) is 9.29. The average Bonchev–Trinajstić information content (AvgIpc) is 2.57. The van der Waals surface area contributed by atoms with E-state index in [4.69, 9.17) is 4.74 Å². The molecule has 1 aromatic heterocycles. The maximum absolute atomic E-state index is 9.25. The second-order valence-corrected chi connectivity index (χ2v) is 6.52. The van der Waals surface area contributed by atoms with Gasteiger partial charge in [-0.05, 0) is 50.2 Å². The molecule has 1 atom stereocenters. The number of aliphatic hydroxyl groups is 1. The van der Waals surface area contributed by atoms with Gasteiger partial charge in [-0.25, -0.2) is 9.98 Å². The highest BCUT2D eigenvalue weighted by Gasteiger charge is 2.11. The first kappa shape index (κ1) is 24.9. The largest absolute Gasteiger partial charge is 0.478 e. The normalized spacial score (nSPS) is 12.5. The molecule has 0 aliphatic heterocycles. The fourth-order valence-corrected chi connectivity index (χ4v) is 2.68. The smallest absolute Gasteiger partial charge is 0.213 e. The van der Waals surface area contributed by atoms with Crippen LogP contribution in [-0.2, 0) is 6.54 Å². The Morgan fingerprint density at radius 1 is 1.31 bits per heavy atom. The molecule has 6 nitrogen and oxygen atoms in total.